The van der Waals surface area contributed by atoms with Crippen LogP contribution in [-0.4, -0.2) is 0 Å². The van der Waals surface area contributed by atoms with E-state index in [1.54, 1.807) is 0 Å². The SMILES string of the molecule is CC1(C)c2ccccc2-c2ccc(N(c3cccc(-c4cc(-c5ccccc5)c5c(c4)-c4ccccc4C5(C)C)c3)c3ccccc3-c3ccccc3)cc21. The van der Waals surface area contributed by atoms with E-state index in [1.807, 2.05) is 0 Å². The Morgan fingerprint density at radius 3 is 1.53 bits per heavy atom. The Balaban J connectivity index is 1.19. The highest BCUT2D eigenvalue weighted by molar-refractivity contribution is 5.94. The molecule has 0 heterocycles. The fourth-order valence-corrected chi connectivity index (χ4v) is 9.55. The summed E-state index contributed by atoms with van der Waals surface area (Å²) in [6.45, 7) is 9.48. The van der Waals surface area contributed by atoms with Crippen LogP contribution < -0.4 is 4.90 Å². The van der Waals surface area contributed by atoms with Crippen LogP contribution in [0.25, 0.3) is 55.6 Å². The number of hydrogen-bond donors (Lipinski definition) is 0. The number of anilines is 3. The molecule has 0 amide bonds. The molecule has 0 atom stereocenters. The quantitative estimate of drug-likeness (QED) is 0.166. The Kier molecular flexibility index (Phi) is 7.58. The Morgan fingerprint density at radius 1 is 0.309 bits per heavy atom. The molecule has 8 aromatic carbocycles. The minimum Gasteiger partial charge on any atom is -0.310 e. The van der Waals surface area contributed by atoms with Gasteiger partial charge in [0.1, 0.15) is 0 Å². The Hall–Kier alpha value is -6.44. The molecule has 8 aromatic rings. The van der Waals surface area contributed by atoms with Crippen LogP contribution in [0.1, 0.15) is 49.9 Å². The zero-order valence-corrected chi connectivity index (χ0v) is 31.8. The summed E-state index contributed by atoms with van der Waals surface area (Å²) in [5, 5.41) is 0. The van der Waals surface area contributed by atoms with E-state index < -0.39 is 0 Å². The minimum atomic E-state index is -0.115. The first-order valence-corrected chi connectivity index (χ1v) is 19.4. The van der Waals surface area contributed by atoms with Crippen LogP contribution in [0.4, 0.5) is 17.1 Å². The van der Waals surface area contributed by atoms with E-state index in [0.29, 0.717) is 0 Å². The second-order valence-corrected chi connectivity index (χ2v) is 16.2. The maximum Gasteiger partial charge on any atom is 0.0540 e. The average Bonchev–Trinajstić information content (AvgIpc) is 3.61. The molecule has 0 bridgehead atoms. The van der Waals surface area contributed by atoms with Crippen molar-refractivity contribution in [2.75, 3.05) is 4.90 Å². The van der Waals surface area contributed by atoms with Gasteiger partial charge in [-0.1, -0.05) is 173 Å². The molecule has 0 spiro atoms. The second kappa shape index (κ2) is 12.6. The number of benzene rings is 8. The lowest BCUT2D eigenvalue weighted by molar-refractivity contribution is 0.660. The highest BCUT2D eigenvalue weighted by atomic mass is 15.1. The van der Waals surface area contributed by atoms with Crippen molar-refractivity contribution in [2.45, 2.75) is 38.5 Å². The molecule has 264 valence electrons. The molecular weight excluding hydrogens is 663 g/mol. The first-order chi connectivity index (χ1) is 26.8. The van der Waals surface area contributed by atoms with Gasteiger partial charge in [-0.15, -0.1) is 0 Å². The molecule has 10 rings (SSSR count). The molecule has 0 fully saturated rings. The number of fused-ring (bicyclic) bond motifs is 6. The lowest BCUT2D eigenvalue weighted by Crippen LogP contribution is -2.17. The summed E-state index contributed by atoms with van der Waals surface area (Å²) in [4.78, 5) is 2.47. The maximum absolute atomic E-state index is 2.47. The van der Waals surface area contributed by atoms with Crippen molar-refractivity contribution in [3.05, 3.63) is 210 Å². The largest absolute Gasteiger partial charge is 0.310 e. The van der Waals surface area contributed by atoms with Crippen LogP contribution in [0.5, 0.6) is 0 Å². The summed E-state index contributed by atoms with van der Waals surface area (Å²) in [5.41, 5.74) is 21.4. The fraction of sp³-hybridized carbons (Fsp3) is 0.111. The van der Waals surface area contributed by atoms with Crippen LogP contribution in [0, 0.1) is 0 Å². The number of hydrogen-bond acceptors (Lipinski definition) is 1. The molecule has 55 heavy (non-hydrogen) atoms. The molecule has 0 aliphatic heterocycles. The van der Waals surface area contributed by atoms with Crippen LogP contribution in [-0.2, 0) is 10.8 Å². The highest BCUT2D eigenvalue weighted by Crippen LogP contribution is 2.54. The molecule has 1 nitrogen and oxygen atoms in total. The topological polar surface area (TPSA) is 3.24 Å². The molecule has 0 saturated carbocycles. The predicted octanol–water partition coefficient (Wildman–Crippen LogP) is 14.8. The van der Waals surface area contributed by atoms with Gasteiger partial charge in [0, 0.05) is 27.8 Å². The van der Waals surface area contributed by atoms with Gasteiger partial charge < -0.3 is 4.90 Å². The first-order valence-electron chi connectivity index (χ1n) is 19.4. The maximum atomic E-state index is 2.47. The van der Waals surface area contributed by atoms with Gasteiger partial charge in [0.05, 0.1) is 5.69 Å². The zero-order chi connectivity index (χ0) is 37.3. The molecule has 0 unspecified atom stereocenters. The number of rotatable bonds is 6. The molecule has 0 aromatic heterocycles. The summed E-state index contributed by atoms with van der Waals surface area (Å²) >= 11 is 0. The van der Waals surface area contributed by atoms with E-state index in [1.165, 1.54) is 77.9 Å². The van der Waals surface area contributed by atoms with E-state index in [4.69, 9.17) is 0 Å². The molecule has 2 aliphatic carbocycles. The summed E-state index contributed by atoms with van der Waals surface area (Å²) in [6.07, 6.45) is 0. The van der Waals surface area contributed by atoms with E-state index in [-0.39, 0.29) is 10.8 Å². The van der Waals surface area contributed by atoms with Gasteiger partial charge in [-0.05, 0) is 115 Å². The molecular formula is C54H43N. The van der Waals surface area contributed by atoms with Crippen LogP contribution in [0.3, 0.4) is 0 Å². The standard InChI is InChI=1S/C54H43N/c1-53(2)48-27-14-11-25-43(48)45-31-30-41(35-50(45)53)55(51-29-16-13-24-42(51)36-18-7-5-8-19-36)40-23-17-22-38(32-40)39-33-46(37-20-9-6-10-21-37)52-47(34-39)44-26-12-15-28-49(44)54(52,3)4/h5-35H,1-4H3. The van der Waals surface area contributed by atoms with E-state index in [0.717, 1.165) is 17.1 Å². The molecule has 0 N–H and O–H groups in total. The minimum absolute atomic E-state index is 0.114. The number of para-hydroxylation sites is 1. The Morgan fingerprint density at radius 2 is 0.818 bits per heavy atom. The zero-order valence-electron chi connectivity index (χ0n) is 31.8. The summed E-state index contributed by atoms with van der Waals surface area (Å²) in [5.74, 6) is 0. The van der Waals surface area contributed by atoms with Crippen molar-refractivity contribution in [3.63, 3.8) is 0 Å². The van der Waals surface area contributed by atoms with Crippen molar-refractivity contribution in [1.29, 1.82) is 0 Å². The molecule has 0 radical (unpaired) electrons. The van der Waals surface area contributed by atoms with Gasteiger partial charge in [-0.2, -0.15) is 0 Å². The second-order valence-electron chi connectivity index (χ2n) is 16.2. The monoisotopic (exact) mass is 705 g/mol. The van der Waals surface area contributed by atoms with Gasteiger partial charge in [-0.25, -0.2) is 0 Å². The fourth-order valence-electron chi connectivity index (χ4n) is 9.55. The number of nitrogens with zero attached hydrogens (tertiary/aromatic N) is 1. The lowest BCUT2D eigenvalue weighted by Gasteiger charge is -2.30. The van der Waals surface area contributed by atoms with Crippen molar-refractivity contribution < 1.29 is 0 Å². The Bertz CT molecular complexity index is 2750. The third kappa shape index (κ3) is 5.22. The van der Waals surface area contributed by atoms with Crippen molar-refractivity contribution in [3.8, 4) is 55.6 Å². The highest BCUT2D eigenvalue weighted by Gasteiger charge is 2.38. The van der Waals surface area contributed by atoms with Gasteiger partial charge in [0.15, 0.2) is 0 Å². The van der Waals surface area contributed by atoms with Gasteiger partial charge in [-0.3, -0.25) is 0 Å². The van der Waals surface area contributed by atoms with Crippen molar-refractivity contribution >= 4 is 17.1 Å². The van der Waals surface area contributed by atoms with E-state index in [2.05, 4.69) is 221 Å². The van der Waals surface area contributed by atoms with Crippen LogP contribution >= 0.6 is 0 Å². The molecule has 0 saturated heterocycles. The molecule has 2 aliphatic rings. The Labute approximate surface area is 325 Å². The van der Waals surface area contributed by atoms with Crippen molar-refractivity contribution in [1.82, 2.24) is 0 Å². The summed E-state index contributed by atoms with van der Waals surface area (Å²) < 4.78 is 0. The average molecular weight is 706 g/mol. The molecule has 1 heteroatoms. The summed E-state index contributed by atoms with van der Waals surface area (Å²) in [7, 11) is 0. The summed E-state index contributed by atoms with van der Waals surface area (Å²) in [6, 6.07) is 69.5. The smallest absolute Gasteiger partial charge is 0.0540 e. The third-order valence-electron chi connectivity index (χ3n) is 12.2. The third-order valence-corrected chi connectivity index (χ3v) is 12.2. The van der Waals surface area contributed by atoms with Crippen molar-refractivity contribution in [2.24, 2.45) is 0 Å². The first kappa shape index (κ1) is 33.2. The van der Waals surface area contributed by atoms with E-state index in [9.17, 15) is 0 Å². The predicted molar refractivity (Wildman–Crippen MR) is 233 cm³/mol. The van der Waals surface area contributed by atoms with Gasteiger partial charge in [0.25, 0.3) is 0 Å². The normalized spacial score (nSPS) is 14.1. The van der Waals surface area contributed by atoms with E-state index >= 15 is 0 Å². The van der Waals surface area contributed by atoms with Crippen LogP contribution in [0.15, 0.2) is 188 Å². The lowest BCUT2D eigenvalue weighted by atomic mass is 9.78. The van der Waals surface area contributed by atoms with Gasteiger partial charge in [0.2, 0.25) is 0 Å². The van der Waals surface area contributed by atoms with Crippen LogP contribution in [0.2, 0.25) is 0 Å². The van der Waals surface area contributed by atoms with Gasteiger partial charge >= 0.3 is 0 Å².